The van der Waals surface area contributed by atoms with E-state index in [-0.39, 0.29) is 0 Å². The van der Waals surface area contributed by atoms with Crippen molar-refractivity contribution in [3.8, 4) is 0 Å². The smallest absolute Gasteiger partial charge is 0.150 e. The number of hydrogen-bond acceptors (Lipinski definition) is 4. The van der Waals surface area contributed by atoms with Gasteiger partial charge in [0.2, 0.25) is 0 Å². The van der Waals surface area contributed by atoms with Gasteiger partial charge in [-0.3, -0.25) is 0 Å². The number of rotatable bonds is 3. The number of nitrogens with one attached hydrogen (secondary N) is 1. The molecular formula is C15H20N2S2. The van der Waals surface area contributed by atoms with Crippen molar-refractivity contribution in [3.63, 3.8) is 0 Å². The summed E-state index contributed by atoms with van der Waals surface area (Å²) in [6.45, 7) is 2.36. The van der Waals surface area contributed by atoms with E-state index < -0.39 is 0 Å². The molecule has 1 aromatic carbocycles. The molecule has 0 aliphatic heterocycles. The molecule has 2 aromatic rings. The third kappa shape index (κ3) is 3.06. The van der Waals surface area contributed by atoms with E-state index in [9.17, 15) is 0 Å². The first-order chi connectivity index (χ1) is 9.24. The molecule has 0 unspecified atom stereocenters. The molecule has 0 atom stereocenters. The molecular weight excluding hydrogens is 272 g/mol. The van der Waals surface area contributed by atoms with Crippen molar-refractivity contribution < 1.29 is 0 Å². The van der Waals surface area contributed by atoms with E-state index in [0.717, 1.165) is 15.8 Å². The third-order valence-electron chi connectivity index (χ3n) is 3.93. The maximum Gasteiger partial charge on any atom is 0.150 e. The summed E-state index contributed by atoms with van der Waals surface area (Å²) in [5, 5.41) is 3.69. The fourth-order valence-electron chi connectivity index (χ4n) is 2.72. The molecule has 0 amide bonds. The van der Waals surface area contributed by atoms with Gasteiger partial charge in [-0.05, 0) is 56.1 Å². The van der Waals surface area contributed by atoms with E-state index in [0.29, 0.717) is 6.04 Å². The van der Waals surface area contributed by atoms with Crippen LogP contribution in [0.25, 0.3) is 10.2 Å². The average Bonchev–Trinajstić information content (AvgIpc) is 2.83. The standard InChI is InChI=1S/C15H20N2S2/c1-10-3-5-11(6-4-10)16-12-7-8-13-14(9-12)19-15(17-13)18-2/h7-11,16H,3-6H2,1-2H3. The van der Waals surface area contributed by atoms with E-state index in [1.165, 1.54) is 36.1 Å². The Balaban J connectivity index is 1.74. The number of nitrogens with zero attached hydrogens (tertiary/aromatic N) is 1. The first-order valence-electron chi connectivity index (χ1n) is 6.95. The molecule has 1 saturated carbocycles. The Labute approximate surface area is 123 Å². The van der Waals surface area contributed by atoms with Crippen molar-refractivity contribution in [2.24, 2.45) is 5.92 Å². The number of thioether (sulfide) groups is 1. The lowest BCUT2D eigenvalue weighted by Crippen LogP contribution is -2.25. The maximum absolute atomic E-state index is 4.58. The molecule has 1 aliphatic rings. The molecule has 1 fully saturated rings. The highest BCUT2D eigenvalue weighted by molar-refractivity contribution is 8.00. The Hall–Kier alpha value is -0.740. The van der Waals surface area contributed by atoms with Gasteiger partial charge in [0, 0.05) is 11.7 Å². The Morgan fingerprint density at radius 2 is 2.05 bits per heavy atom. The van der Waals surface area contributed by atoms with E-state index >= 15 is 0 Å². The van der Waals surface area contributed by atoms with Gasteiger partial charge in [-0.25, -0.2) is 4.98 Å². The number of anilines is 1. The van der Waals surface area contributed by atoms with Gasteiger partial charge < -0.3 is 5.32 Å². The fourth-order valence-corrected chi connectivity index (χ4v) is 4.25. The summed E-state index contributed by atoms with van der Waals surface area (Å²) in [5.41, 5.74) is 2.38. The van der Waals surface area contributed by atoms with Crippen molar-refractivity contribution in [3.05, 3.63) is 18.2 Å². The molecule has 0 radical (unpaired) electrons. The second-order valence-corrected chi connectivity index (χ2v) is 7.55. The van der Waals surface area contributed by atoms with Crippen LogP contribution < -0.4 is 5.32 Å². The Bertz CT molecular complexity index is 556. The molecule has 19 heavy (non-hydrogen) atoms. The predicted octanol–water partition coefficient (Wildman–Crippen LogP) is 5.01. The van der Waals surface area contributed by atoms with Crippen LogP contribution in [0.1, 0.15) is 32.6 Å². The zero-order chi connectivity index (χ0) is 13.2. The SMILES string of the molecule is CSc1nc2ccc(NC3CCC(C)CC3)cc2s1. The highest BCUT2D eigenvalue weighted by Crippen LogP contribution is 2.31. The summed E-state index contributed by atoms with van der Waals surface area (Å²) in [6.07, 6.45) is 7.41. The van der Waals surface area contributed by atoms with Crippen LogP contribution in [0.5, 0.6) is 0 Å². The monoisotopic (exact) mass is 292 g/mol. The van der Waals surface area contributed by atoms with Gasteiger partial charge in [0.05, 0.1) is 10.2 Å². The van der Waals surface area contributed by atoms with Crippen LogP contribution in [0.15, 0.2) is 22.5 Å². The minimum atomic E-state index is 0.654. The second-order valence-electron chi connectivity index (χ2n) is 5.47. The minimum Gasteiger partial charge on any atom is -0.382 e. The summed E-state index contributed by atoms with van der Waals surface area (Å²) in [6, 6.07) is 7.22. The summed E-state index contributed by atoms with van der Waals surface area (Å²) in [7, 11) is 0. The molecule has 0 bridgehead atoms. The van der Waals surface area contributed by atoms with Gasteiger partial charge in [-0.15, -0.1) is 11.3 Å². The highest BCUT2D eigenvalue weighted by Gasteiger charge is 2.18. The molecule has 0 saturated heterocycles. The quantitative estimate of drug-likeness (QED) is 0.805. The van der Waals surface area contributed by atoms with E-state index in [2.05, 4.69) is 41.7 Å². The van der Waals surface area contributed by atoms with Crippen LogP contribution in [0.4, 0.5) is 5.69 Å². The molecule has 1 aromatic heterocycles. The molecule has 2 nitrogen and oxygen atoms in total. The van der Waals surface area contributed by atoms with E-state index in [1.807, 2.05) is 0 Å². The fraction of sp³-hybridized carbons (Fsp3) is 0.533. The Morgan fingerprint density at radius 1 is 1.26 bits per heavy atom. The lowest BCUT2D eigenvalue weighted by atomic mass is 9.87. The molecule has 102 valence electrons. The summed E-state index contributed by atoms with van der Waals surface area (Å²) < 4.78 is 2.44. The van der Waals surface area contributed by atoms with Crippen LogP contribution in [0, 0.1) is 5.92 Å². The van der Waals surface area contributed by atoms with Crippen molar-refractivity contribution in [1.29, 1.82) is 0 Å². The summed E-state index contributed by atoms with van der Waals surface area (Å²) >= 11 is 3.51. The Kier molecular flexibility index (Phi) is 3.99. The van der Waals surface area contributed by atoms with Gasteiger partial charge in [0.1, 0.15) is 0 Å². The Morgan fingerprint density at radius 3 is 2.79 bits per heavy atom. The van der Waals surface area contributed by atoms with Crippen LogP contribution in [0.2, 0.25) is 0 Å². The number of hydrogen-bond donors (Lipinski definition) is 1. The van der Waals surface area contributed by atoms with Crippen molar-refractivity contribution >= 4 is 39.0 Å². The van der Waals surface area contributed by atoms with E-state index in [4.69, 9.17) is 0 Å². The largest absolute Gasteiger partial charge is 0.382 e. The van der Waals surface area contributed by atoms with Crippen LogP contribution in [-0.2, 0) is 0 Å². The van der Waals surface area contributed by atoms with Gasteiger partial charge in [0.15, 0.2) is 4.34 Å². The maximum atomic E-state index is 4.58. The van der Waals surface area contributed by atoms with Gasteiger partial charge in [0.25, 0.3) is 0 Å². The molecule has 0 spiro atoms. The minimum absolute atomic E-state index is 0.654. The lowest BCUT2D eigenvalue weighted by Gasteiger charge is -2.27. The predicted molar refractivity (Wildman–Crippen MR) is 86.4 cm³/mol. The number of aromatic nitrogens is 1. The second kappa shape index (κ2) is 5.71. The topological polar surface area (TPSA) is 24.9 Å². The van der Waals surface area contributed by atoms with Crippen LogP contribution in [0.3, 0.4) is 0 Å². The van der Waals surface area contributed by atoms with Gasteiger partial charge in [-0.1, -0.05) is 18.7 Å². The number of benzene rings is 1. The van der Waals surface area contributed by atoms with Gasteiger partial charge in [-0.2, -0.15) is 0 Å². The van der Waals surface area contributed by atoms with Crippen LogP contribution >= 0.6 is 23.1 Å². The zero-order valence-electron chi connectivity index (χ0n) is 11.5. The number of fused-ring (bicyclic) bond motifs is 1. The van der Waals surface area contributed by atoms with Crippen molar-refractivity contribution in [2.75, 3.05) is 11.6 Å². The molecule has 3 rings (SSSR count). The number of thiazole rings is 1. The molecule has 1 aliphatic carbocycles. The van der Waals surface area contributed by atoms with Crippen LogP contribution in [-0.4, -0.2) is 17.3 Å². The van der Waals surface area contributed by atoms with Crippen molar-refractivity contribution in [2.45, 2.75) is 43.0 Å². The molecule has 4 heteroatoms. The normalized spacial score (nSPS) is 23.7. The van der Waals surface area contributed by atoms with Crippen molar-refractivity contribution in [1.82, 2.24) is 4.98 Å². The lowest BCUT2D eigenvalue weighted by molar-refractivity contribution is 0.361. The highest BCUT2D eigenvalue weighted by atomic mass is 32.2. The first-order valence-corrected chi connectivity index (χ1v) is 9.00. The summed E-state index contributed by atoms with van der Waals surface area (Å²) in [4.78, 5) is 4.58. The molecule has 1 N–H and O–H groups in total. The zero-order valence-corrected chi connectivity index (χ0v) is 13.1. The third-order valence-corrected chi connectivity index (χ3v) is 5.93. The average molecular weight is 292 g/mol. The van der Waals surface area contributed by atoms with Gasteiger partial charge >= 0.3 is 0 Å². The first kappa shape index (κ1) is 13.3. The van der Waals surface area contributed by atoms with E-state index in [1.54, 1.807) is 23.1 Å². The summed E-state index contributed by atoms with van der Waals surface area (Å²) in [5.74, 6) is 0.908. The molecule has 1 heterocycles.